The molecule has 0 spiro atoms. The Hall–Kier alpha value is -0.770. The Kier molecular flexibility index (Phi) is 6.32. The Morgan fingerprint density at radius 2 is 1.93 bits per heavy atom. The molecule has 4 heteroatoms. The van der Waals surface area contributed by atoms with Crippen molar-refractivity contribution in [2.45, 2.75) is 39.2 Å². The number of ether oxygens (including phenoxy) is 1. The summed E-state index contributed by atoms with van der Waals surface area (Å²) in [5.41, 5.74) is -0.406. The standard InChI is InChI=1S/C11H24N2O2/c1-11(2,3)15-10(14)13(5)9-7-6-8-12-4/h12H,6-9H2,1-5H3. The molecule has 0 unspecified atom stereocenters. The van der Waals surface area contributed by atoms with Crippen LogP contribution in [0.2, 0.25) is 0 Å². The third kappa shape index (κ3) is 8.24. The molecule has 0 aliphatic carbocycles. The van der Waals surface area contributed by atoms with Gasteiger partial charge in [-0.3, -0.25) is 0 Å². The molecule has 0 aliphatic heterocycles. The Balaban J connectivity index is 3.70. The smallest absolute Gasteiger partial charge is 0.410 e. The van der Waals surface area contributed by atoms with Crippen LogP contribution >= 0.6 is 0 Å². The van der Waals surface area contributed by atoms with E-state index in [-0.39, 0.29) is 6.09 Å². The van der Waals surface area contributed by atoms with Gasteiger partial charge in [-0.15, -0.1) is 0 Å². The van der Waals surface area contributed by atoms with Gasteiger partial charge in [-0.05, 0) is 47.2 Å². The van der Waals surface area contributed by atoms with Crippen LogP contribution in [0.1, 0.15) is 33.6 Å². The fourth-order valence-electron chi connectivity index (χ4n) is 1.08. The predicted molar refractivity (Wildman–Crippen MR) is 62.0 cm³/mol. The molecule has 0 radical (unpaired) electrons. The van der Waals surface area contributed by atoms with E-state index in [1.54, 1.807) is 11.9 Å². The lowest BCUT2D eigenvalue weighted by Crippen LogP contribution is -2.34. The van der Waals surface area contributed by atoms with E-state index in [2.05, 4.69) is 5.32 Å². The van der Waals surface area contributed by atoms with Crippen molar-refractivity contribution in [1.82, 2.24) is 10.2 Å². The third-order valence-corrected chi connectivity index (χ3v) is 1.88. The van der Waals surface area contributed by atoms with Crippen LogP contribution in [0.15, 0.2) is 0 Å². The van der Waals surface area contributed by atoms with Gasteiger partial charge in [-0.1, -0.05) is 0 Å². The fourth-order valence-corrected chi connectivity index (χ4v) is 1.08. The van der Waals surface area contributed by atoms with Gasteiger partial charge in [0.2, 0.25) is 0 Å². The van der Waals surface area contributed by atoms with Gasteiger partial charge in [0.05, 0.1) is 0 Å². The molecule has 0 aromatic rings. The zero-order valence-corrected chi connectivity index (χ0v) is 10.6. The molecule has 0 saturated carbocycles. The van der Waals surface area contributed by atoms with E-state index in [0.717, 1.165) is 25.9 Å². The van der Waals surface area contributed by atoms with Gasteiger partial charge in [0.1, 0.15) is 5.60 Å². The van der Waals surface area contributed by atoms with Gasteiger partial charge in [-0.2, -0.15) is 0 Å². The number of carbonyl (C=O) groups excluding carboxylic acids is 1. The highest BCUT2D eigenvalue weighted by atomic mass is 16.6. The number of hydrogen-bond acceptors (Lipinski definition) is 3. The van der Waals surface area contributed by atoms with E-state index in [1.807, 2.05) is 27.8 Å². The second kappa shape index (κ2) is 6.67. The highest BCUT2D eigenvalue weighted by molar-refractivity contribution is 5.67. The predicted octanol–water partition coefficient (Wildman–Crippen LogP) is 1.85. The molecule has 4 nitrogen and oxygen atoms in total. The van der Waals surface area contributed by atoms with Crippen molar-refractivity contribution in [3.8, 4) is 0 Å². The van der Waals surface area contributed by atoms with Crippen LogP contribution in [0.4, 0.5) is 4.79 Å². The van der Waals surface area contributed by atoms with Crippen LogP contribution in [0, 0.1) is 0 Å². The summed E-state index contributed by atoms with van der Waals surface area (Å²) < 4.78 is 5.23. The first-order chi connectivity index (χ1) is 6.87. The topological polar surface area (TPSA) is 41.6 Å². The van der Waals surface area contributed by atoms with Crippen LogP contribution in [-0.2, 0) is 4.74 Å². The van der Waals surface area contributed by atoms with Crippen LogP contribution in [0.3, 0.4) is 0 Å². The van der Waals surface area contributed by atoms with Crippen LogP contribution < -0.4 is 5.32 Å². The summed E-state index contributed by atoms with van der Waals surface area (Å²) >= 11 is 0. The summed E-state index contributed by atoms with van der Waals surface area (Å²) in [7, 11) is 3.70. The lowest BCUT2D eigenvalue weighted by atomic mass is 10.2. The first-order valence-corrected chi connectivity index (χ1v) is 5.45. The number of nitrogens with one attached hydrogen (secondary N) is 1. The highest BCUT2D eigenvalue weighted by Crippen LogP contribution is 2.09. The van der Waals surface area contributed by atoms with E-state index in [9.17, 15) is 4.79 Å². The monoisotopic (exact) mass is 216 g/mol. The number of nitrogens with zero attached hydrogens (tertiary/aromatic N) is 1. The van der Waals surface area contributed by atoms with Crippen molar-refractivity contribution in [2.24, 2.45) is 0 Å². The quantitative estimate of drug-likeness (QED) is 0.713. The van der Waals surface area contributed by atoms with Crippen molar-refractivity contribution >= 4 is 6.09 Å². The second-order valence-corrected chi connectivity index (χ2v) is 4.71. The number of unbranched alkanes of at least 4 members (excludes halogenated alkanes) is 1. The van der Waals surface area contributed by atoms with E-state index in [4.69, 9.17) is 4.74 Å². The minimum absolute atomic E-state index is 0.244. The van der Waals surface area contributed by atoms with Gasteiger partial charge in [0, 0.05) is 13.6 Å². The molecule has 1 amide bonds. The van der Waals surface area contributed by atoms with Crippen molar-refractivity contribution in [1.29, 1.82) is 0 Å². The Labute approximate surface area is 93.0 Å². The normalized spacial score (nSPS) is 11.3. The first kappa shape index (κ1) is 14.2. The minimum atomic E-state index is -0.406. The zero-order chi connectivity index (χ0) is 11.9. The molecule has 0 atom stereocenters. The lowest BCUT2D eigenvalue weighted by Gasteiger charge is -2.24. The molecule has 1 N–H and O–H groups in total. The van der Waals surface area contributed by atoms with Crippen LogP contribution in [0.5, 0.6) is 0 Å². The van der Waals surface area contributed by atoms with Gasteiger partial charge < -0.3 is 15.0 Å². The molecular formula is C11H24N2O2. The Bertz CT molecular complexity index is 188. The van der Waals surface area contributed by atoms with E-state index < -0.39 is 5.60 Å². The molecule has 0 heterocycles. The molecule has 90 valence electrons. The summed E-state index contributed by atoms with van der Waals surface area (Å²) in [5, 5.41) is 3.07. The summed E-state index contributed by atoms with van der Waals surface area (Å²) in [6, 6.07) is 0. The third-order valence-electron chi connectivity index (χ3n) is 1.88. The molecule has 0 aromatic carbocycles. The van der Waals surface area contributed by atoms with Gasteiger partial charge in [0.15, 0.2) is 0 Å². The second-order valence-electron chi connectivity index (χ2n) is 4.71. The van der Waals surface area contributed by atoms with Gasteiger partial charge in [0.25, 0.3) is 0 Å². The van der Waals surface area contributed by atoms with Crippen molar-refractivity contribution < 1.29 is 9.53 Å². The SMILES string of the molecule is CNCCCCN(C)C(=O)OC(C)(C)C. The number of hydrogen-bond donors (Lipinski definition) is 1. The summed E-state index contributed by atoms with van der Waals surface area (Å²) in [6.45, 7) is 7.36. The summed E-state index contributed by atoms with van der Waals surface area (Å²) in [6.07, 6.45) is 1.83. The Morgan fingerprint density at radius 1 is 1.33 bits per heavy atom. The molecule has 0 aliphatic rings. The molecular weight excluding hydrogens is 192 g/mol. The van der Waals surface area contributed by atoms with E-state index >= 15 is 0 Å². The van der Waals surface area contributed by atoms with Gasteiger partial charge >= 0.3 is 6.09 Å². The Morgan fingerprint density at radius 3 is 2.40 bits per heavy atom. The summed E-state index contributed by atoms with van der Waals surface area (Å²) in [4.78, 5) is 13.1. The molecule has 0 saturated heterocycles. The lowest BCUT2D eigenvalue weighted by molar-refractivity contribution is 0.0296. The maximum absolute atomic E-state index is 11.5. The number of rotatable bonds is 5. The van der Waals surface area contributed by atoms with E-state index in [0.29, 0.717) is 0 Å². The largest absolute Gasteiger partial charge is 0.444 e. The van der Waals surface area contributed by atoms with E-state index in [1.165, 1.54) is 0 Å². The average molecular weight is 216 g/mol. The number of amides is 1. The van der Waals surface area contributed by atoms with Crippen molar-refractivity contribution in [3.63, 3.8) is 0 Å². The molecule has 0 bridgehead atoms. The minimum Gasteiger partial charge on any atom is -0.444 e. The molecule has 15 heavy (non-hydrogen) atoms. The van der Waals surface area contributed by atoms with Crippen molar-refractivity contribution in [3.05, 3.63) is 0 Å². The van der Waals surface area contributed by atoms with Crippen LogP contribution in [0.25, 0.3) is 0 Å². The first-order valence-electron chi connectivity index (χ1n) is 5.45. The zero-order valence-electron chi connectivity index (χ0n) is 10.6. The highest BCUT2D eigenvalue weighted by Gasteiger charge is 2.18. The fraction of sp³-hybridized carbons (Fsp3) is 0.909. The molecule has 0 fully saturated rings. The maximum atomic E-state index is 11.5. The summed E-state index contributed by atoms with van der Waals surface area (Å²) in [5.74, 6) is 0. The molecule has 0 aromatic heterocycles. The maximum Gasteiger partial charge on any atom is 0.410 e. The van der Waals surface area contributed by atoms with Crippen LogP contribution in [-0.4, -0.2) is 43.8 Å². The molecule has 0 rings (SSSR count). The van der Waals surface area contributed by atoms with Crippen molar-refractivity contribution in [2.75, 3.05) is 27.2 Å². The number of carbonyl (C=O) groups is 1. The van der Waals surface area contributed by atoms with Gasteiger partial charge in [-0.25, -0.2) is 4.79 Å². The average Bonchev–Trinajstić information content (AvgIpc) is 2.09.